The molecule has 5 aromatic rings. The first kappa shape index (κ1) is 62.2. The number of β-amino-alcohol motifs (C(OH)–C–C–N with tert-alkyl or cyclic N) is 1. The summed E-state index contributed by atoms with van der Waals surface area (Å²) in [6.07, 6.45) is 2.34. The van der Waals surface area contributed by atoms with Gasteiger partial charge in [0.05, 0.1) is 54.2 Å². The van der Waals surface area contributed by atoms with Gasteiger partial charge in [0.25, 0.3) is 11.5 Å². The molecular formula is C60H80N12O9S. The number of benzene rings is 2. The van der Waals surface area contributed by atoms with Crippen LogP contribution in [-0.2, 0) is 41.7 Å². The van der Waals surface area contributed by atoms with Gasteiger partial charge in [-0.2, -0.15) is 0 Å². The van der Waals surface area contributed by atoms with Crippen LogP contribution in [0.2, 0.25) is 0 Å². The van der Waals surface area contributed by atoms with Crippen molar-refractivity contribution in [1.82, 2.24) is 46.0 Å². The fourth-order valence-corrected chi connectivity index (χ4v) is 10.8. The number of anilines is 2. The molecule has 0 spiro atoms. The number of nitrogens with one attached hydrogen (secondary N) is 7. The van der Waals surface area contributed by atoms with Gasteiger partial charge in [-0.15, -0.1) is 11.3 Å². The van der Waals surface area contributed by atoms with Crippen molar-refractivity contribution in [2.75, 3.05) is 82.5 Å². The van der Waals surface area contributed by atoms with Gasteiger partial charge in [-0.1, -0.05) is 45.0 Å². The molecule has 8 N–H and O–H groups in total. The third-order valence-corrected chi connectivity index (χ3v) is 15.5. The predicted molar refractivity (Wildman–Crippen MR) is 318 cm³/mol. The number of aryl methyl sites for hydroxylation is 3. The Morgan fingerprint density at radius 1 is 0.854 bits per heavy atom. The highest BCUT2D eigenvalue weighted by Crippen LogP contribution is 2.31. The average Bonchev–Trinajstić information content (AvgIpc) is 4.23. The number of carbonyl (C=O) groups excluding carboxylic acids is 5. The van der Waals surface area contributed by atoms with Crippen molar-refractivity contribution < 1.29 is 38.6 Å². The Morgan fingerprint density at radius 2 is 1.55 bits per heavy atom. The van der Waals surface area contributed by atoms with E-state index in [0.717, 1.165) is 76.1 Å². The summed E-state index contributed by atoms with van der Waals surface area (Å²) in [5, 5.41) is 33.8. The standard InChI is InChI=1S/C60H80N12O9S/c1-37(2)67-49-29-44(28-46(47(49)31-61)56(76)65-34-48-38(3)27-39(4)68-57(48)77)43-13-14-51(63-33-43)71-21-19-70(20-22-71)18-17-62-52(74)15-23-80-25-26-81-24-16-53(75)69-55(60(6,7)8)59(79)72-35-45(73)30-50(72)58(78)64-32-41-9-11-42(12-10-41)54-40(5)66-36-82-54/h9-14,27-29,31,33,36-37,45,50,55,61,67,73H,15-26,30,32,34-35H2,1-8H3,(H,62,74)(H,64,78)(H,65,76)(H,68,77)(H,69,75)/t45-,50+,55-/m1/s1. The Hall–Kier alpha value is -7.37. The third kappa shape index (κ3) is 17.1. The number of aromatic nitrogens is 3. The van der Waals surface area contributed by atoms with E-state index in [4.69, 9.17) is 19.9 Å². The third-order valence-electron chi connectivity index (χ3n) is 14.5. The molecule has 82 heavy (non-hydrogen) atoms. The molecule has 0 radical (unpaired) electrons. The number of nitrogens with zero attached hydrogens (tertiary/aromatic N) is 5. The van der Waals surface area contributed by atoms with Gasteiger partial charge in [0.2, 0.25) is 23.6 Å². The van der Waals surface area contributed by atoms with Crippen LogP contribution in [0.4, 0.5) is 11.5 Å². The van der Waals surface area contributed by atoms with E-state index in [2.05, 4.69) is 46.4 Å². The summed E-state index contributed by atoms with van der Waals surface area (Å²) in [5.74, 6) is -0.903. The molecule has 2 saturated heterocycles. The van der Waals surface area contributed by atoms with Crippen LogP contribution in [0.25, 0.3) is 21.6 Å². The number of amides is 5. The summed E-state index contributed by atoms with van der Waals surface area (Å²) in [6.45, 7) is 20.4. The van der Waals surface area contributed by atoms with E-state index in [1.807, 2.05) is 109 Å². The number of aromatic amines is 1. The van der Waals surface area contributed by atoms with E-state index in [1.165, 1.54) is 11.1 Å². The fraction of sp³-hybridized carbons (Fsp3) is 0.483. The van der Waals surface area contributed by atoms with Gasteiger partial charge in [0, 0.05) is 125 Å². The number of likely N-dealkylation sites (tertiary alicyclic amines) is 1. The van der Waals surface area contributed by atoms with Crippen molar-refractivity contribution in [2.45, 2.75) is 112 Å². The van der Waals surface area contributed by atoms with Crippen molar-refractivity contribution >= 4 is 58.6 Å². The topological polar surface area (TPSA) is 276 Å². The highest BCUT2D eigenvalue weighted by atomic mass is 32.1. The molecular weight excluding hydrogens is 1060 g/mol. The van der Waals surface area contributed by atoms with Crippen LogP contribution in [0.3, 0.4) is 0 Å². The Morgan fingerprint density at radius 3 is 2.17 bits per heavy atom. The van der Waals surface area contributed by atoms with E-state index in [0.29, 0.717) is 35.5 Å². The summed E-state index contributed by atoms with van der Waals surface area (Å²) in [6, 6.07) is 15.5. The molecule has 0 unspecified atom stereocenters. The molecule has 2 fully saturated rings. The Kier molecular flexibility index (Phi) is 22.0. The normalized spacial score (nSPS) is 16.0. The lowest BCUT2D eigenvalue weighted by Gasteiger charge is -2.35. The fourth-order valence-electron chi connectivity index (χ4n) is 10.0. The molecule has 0 bridgehead atoms. The zero-order chi connectivity index (χ0) is 59.1. The number of H-pyrrole nitrogens is 1. The van der Waals surface area contributed by atoms with Crippen LogP contribution in [-0.4, -0.2) is 162 Å². The molecule has 0 aliphatic carbocycles. The Bertz CT molecular complexity index is 3080. The second-order valence-electron chi connectivity index (χ2n) is 22.3. The minimum atomic E-state index is -0.957. The van der Waals surface area contributed by atoms with E-state index in [9.17, 15) is 33.9 Å². The minimum absolute atomic E-state index is 0.0102. The maximum absolute atomic E-state index is 14.0. The van der Waals surface area contributed by atoms with Crippen molar-refractivity contribution in [1.29, 1.82) is 5.41 Å². The van der Waals surface area contributed by atoms with Gasteiger partial charge in [-0.05, 0) is 92.6 Å². The smallest absolute Gasteiger partial charge is 0.253 e. The zero-order valence-electron chi connectivity index (χ0n) is 48.4. The van der Waals surface area contributed by atoms with E-state index in [1.54, 1.807) is 23.6 Å². The Labute approximate surface area is 483 Å². The van der Waals surface area contributed by atoms with Gasteiger partial charge < -0.3 is 61.4 Å². The second-order valence-corrected chi connectivity index (χ2v) is 23.2. The van der Waals surface area contributed by atoms with Gasteiger partial charge in [0.1, 0.15) is 17.9 Å². The lowest BCUT2D eigenvalue weighted by molar-refractivity contribution is -0.144. The molecule has 5 heterocycles. The summed E-state index contributed by atoms with van der Waals surface area (Å²) in [7, 11) is 0. The van der Waals surface area contributed by atoms with E-state index < -0.39 is 41.3 Å². The van der Waals surface area contributed by atoms with Crippen molar-refractivity contribution in [3.05, 3.63) is 116 Å². The lowest BCUT2D eigenvalue weighted by atomic mass is 9.85. The molecule has 0 saturated carbocycles. The summed E-state index contributed by atoms with van der Waals surface area (Å²) < 4.78 is 11.3. The number of aliphatic hydroxyl groups is 1. The summed E-state index contributed by atoms with van der Waals surface area (Å²) in [4.78, 5) is 98.4. The molecule has 3 atom stereocenters. The summed E-state index contributed by atoms with van der Waals surface area (Å²) >= 11 is 1.57. The van der Waals surface area contributed by atoms with Crippen LogP contribution in [0.5, 0.6) is 0 Å². The molecule has 5 amide bonds. The maximum atomic E-state index is 14.0. The number of ether oxygens (including phenoxy) is 2. The number of aliphatic hydroxyl groups excluding tert-OH is 1. The van der Waals surface area contributed by atoms with Gasteiger partial charge in [0.15, 0.2) is 0 Å². The van der Waals surface area contributed by atoms with Gasteiger partial charge in [-0.25, -0.2) is 9.97 Å². The van der Waals surface area contributed by atoms with Crippen LogP contribution >= 0.6 is 11.3 Å². The molecule has 2 aliphatic rings. The largest absolute Gasteiger partial charge is 0.391 e. The zero-order valence-corrected chi connectivity index (χ0v) is 49.2. The number of carbonyl (C=O) groups is 5. The van der Waals surface area contributed by atoms with Crippen molar-refractivity contribution in [2.24, 2.45) is 5.41 Å². The molecule has 21 nitrogen and oxygen atoms in total. The maximum Gasteiger partial charge on any atom is 0.253 e. The monoisotopic (exact) mass is 1140 g/mol. The van der Waals surface area contributed by atoms with Crippen LogP contribution in [0, 0.1) is 31.6 Å². The second kappa shape index (κ2) is 29.0. The first-order valence-electron chi connectivity index (χ1n) is 28.0. The highest BCUT2D eigenvalue weighted by Gasteiger charge is 2.44. The number of piperazine rings is 1. The predicted octanol–water partition coefficient (Wildman–Crippen LogP) is 5.09. The number of pyridine rings is 2. The van der Waals surface area contributed by atoms with Crippen LogP contribution in [0.15, 0.2) is 71.1 Å². The highest BCUT2D eigenvalue weighted by molar-refractivity contribution is 7.13. The number of thiazole rings is 1. The molecule has 2 aliphatic heterocycles. The number of rotatable bonds is 26. The van der Waals surface area contributed by atoms with Crippen molar-refractivity contribution in [3.8, 4) is 21.6 Å². The van der Waals surface area contributed by atoms with E-state index in [-0.39, 0.29) is 88.7 Å². The minimum Gasteiger partial charge on any atom is -0.391 e. The first-order chi connectivity index (χ1) is 39.2. The first-order valence-corrected chi connectivity index (χ1v) is 28.9. The van der Waals surface area contributed by atoms with E-state index >= 15 is 0 Å². The SMILES string of the molecule is Cc1cc(C)c(CNC(=O)c2cc(-c3ccc(N4CCN(CCNC(=O)CCOCCOCCC(=O)N[C@H](C(=O)N5C[C@H](O)C[C@H]5C(=O)NCc5ccc(-c6scnc6C)cc5)C(C)(C)C)CC4)nc3)cc(NC(C)C)c2C=N)c(=O)[nH]1. The molecule has 3 aromatic heterocycles. The van der Waals surface area contributed by atoms with Gasteiger partial charge >= 0.3 is 0 Å². The molecule has 2 aromatic carbocycles. The van der Waals surface area contributed by atoms with Crippen LogP contribution in [0.1, 0.15) is 97.9 Å². The van der Waals surface area contributed by atoms with Gasteiger partial charge in [-0.3, -0.25) is 33.7 Å². The number of hydrogen-bond acceptors (Lipinski definition) is 16. The molecule has 22 heteroatoms. The summed E-state index contributed by atoms with van der Waals surface area (Å²) in [5.41, 5.74) is 8.70. The molecule has 7 rings (SSSR count). The van der Waals surface area contributed by atoms with Crippen molar-refractivity contribution in [3.63, 3.8) is 0 Å². The lowest BCUT2D eigenvalue weighted by Crippen LogP contribution is -2.57. The Balaban J connectivity index is 0.765. The molecule has 440 valence electrons. The average molecular weight is 1150 g/mol. The van der Waals surface area contributed by atoms with Crippen LogP contribution < -0.4 is 37.0 Å². The quantitative estimate of drug-likeness (QED) is 0.0265. The number of hydrogen-bond donors (Lipinski definition) is 8.